The monoisotopic (exact) mass is 337 g/mol. The summed E-state index contributed by atoms with van der Waals surface area (Å²) in [6.45, 7) is 2.47. The van der Waals surface area contributed by atoms with Crippen LogP contribution in [0.25, 0.3) is 5.57 Å². The second-order valence-electron chi connectivity index (χ2n) is 6.34. The zero-order valence-corrected chi connectivity index (χ0v) is 14.3. The van der Waals surface area contributed by atoms with Crippen molar-refractivity contribution in [3.8, 4) is 17.2 Å². The van der Waals surface area contributed by atoms with Crippen molar-refractivity contribution in [3.63, 3.8) is 0 Å². The Hall–Kier alpha value is -2.46. The molecule has 0 saturated heterocycles. The smallest absolute Gasteiger partial charge is 0.231 e. The summed E-state index contributed by atoms with van der Waals surface area (Å²) < 4.78 is 16.6. The maximum Gasteiger partial charge on any atom is 0.231 e. The van der Waals surface area contributed by atoms with Gasteiger partial charge in [-0.05, 0) is 48.1 Å². The van der Waals surface area contributed by atoms with Crippen molar-refractivity contribution in [1.82, 2.24) is 5.32 Å². The van der Waals surface area contributed by atoms with Gasteiger partial charge in [-0.3, -0.25) is 0 Å². The van der Waals surface area contributed by atoms with E-state index in [1.54, 1.807) is 0 Å². The Kier molecular flexibility index (Phi) is 4.89. The lowest BCUT2D eigenvalue weighted by Crippen LogP contribution is -2.20. The molecule has 0 spiro atoms. The number of para-hydroxylation sites is 1. The molecule has 0 fully saturated rings. The topological polar surface area (TPSA) is 39.7 Å². The van der Waals surface area contributed by atoms with E-state index in [-0.39, 0.29) is 6.79 Å². The predicted molar refractivity (Wildman–Crippen MR) is 98.0 cm³/mol. The maximum absolute atomic E-state index is 5.82. The Morgan fingerprint density at radius 3 is 2.96 bits per heavy atom. The van der Waals surface area contributed by atoms with Crippen molar-refractivity contribution < 1.29 is 14.2 Å². The lowest BCUT2D eigenvalue weighted by atomic mass is 10.0. The molecule has 0 bridgehead atoms. The lowest BCUT2D eigenvalue weighted by molar-refractivity contribution is 0.169. The molecule has 0 saturated carbocycles. The molecular weight excluding hydrogens is 314 g/mol. The predicted octanol–water partition coefficient (Wildman–Crippen LogP) is 4.15. The van der Waals surface area contributed by atoms with Crippen LogP contribution in [0.2, 0.25) is 0 Å². The molecular formula is C21H23NO3. The summed E-state index contributed by atoms with van der Waals surface area (Å²) in [5, 5.41) is 3.44. The molecule has 2 aromatic rings. The first kappa shape index (κ1) is 16.0. The van der Waals surface area contributed by atoms with Gasteiger partial charge in [0.05, 0.1) is 0 Å². The summed E-state index contributed by atoms with van der Waals surface area (Å²) in [5.74, 6) is 2.20. The molecule has 0 radical (unpaired) electrons. The second-order valence-corrected chi connectivity index (χ2v) is 6.34. The van der Waals surface area contributed by atoms with Gasteiger partial charge in [-0.1, -0.05) is 36.4 Å². The van der Waals surface area contributed by atoms with E-state index in [9.17, 15) is 0 Å². The molecule has 2 aromatic carbocycles. The molecule has 1 heterocycles. The van der Waals surface area contributed by atoms with Crippen molar-refractivity contribution in [2.45, 2.75) is 25.8 Å². The van der Waals surface area contributed by atoms with Crippen LogP contribution in [0.5, 0.6) is 17.2 Å². The van der Waals surface area contributed by atoms with E-state index in [1.165, 1.54) is 36.0 Å². The normalized spacial score (nSPS) is 15.3. The van der Waals surface area contributed by atoms with Gasteiger partial charge in [0, 0.05) is 13.1 Å². The molecule has 4 heteroatoms. The standard InChI is InChI=1S/C21H23NO3/c1-2-7-17(6-1)18-8-3-5-16(13-18)14-22-11-12-23-19-9-4-10-20-21(19)25-15-24-20/h3-6,8-10,13,22H,1-2,7,11-12,14-15H2. The van der Waals surface area contributed by atoms with Crippen LogP contribution in [-0.2, 0) is 6.54 Å². The van der Waals surface area contributed by atoms with Gasteiger partial charge in [0.2, 0.25) is 12.5 Å². The Morgan fingerprint density at radius 1 is 1.08 bits per heavy atom. The molecule has 4 nitrogen and oxygen atoms in total. The van der Waals surface area contributed by atoms with Crippen LogP contribution in [0.1, 0.15) is 30.4 Å². The first-order chi connectivity index (χ1) is 12.4. The van der Waals surface area contributed by atoms with Crippen molar-refractivity contribution in [3.05, 3.63) is 59.7 Å². The third-order valence-corrected chi connectivity index (χ3v) is 4.56. The number of benzene rings is 2. The molecule has 1 N–H and O–H groups in total. The van der Waals surface area contributed by atoms with Crippen LogP contribution in [0.15, 0.2) is 48.5 Å². The number of allylic oxidation sites excluding steroid dienone is 2. The highest BCUT2D eigenvalue weighted by Gasteiger charge is 2.18. The number of ether oxygens (including phenoxy) is 3. The minimum Gasteiger partial charge on any atom is -0.488 e. The largest absolute Gasteiger partial charge is 0.488 e. The van der Waals surface area contributed by atoms with Crippen LogP contribution in [0.4, 0.5) is 0 Å². The van der Waals surface area contributed by atoms with Crippen LogP contribution in [0.3, 0.4) is 0 Å². The molecule has 0 atom stereocenters. The molecule has 0 unspecified atom stereocenters. The highest BCUT2D eigenvalue weighted by atomic mass is 16.7. The third-order valence-electron chi connectivity index (χ3n) is 4.56. The number of hydrogen-bond acceptors (Lipinski definition) is 4. The minimum atomic E-state index is 0.265. The Bertz CT molecular complexity index is 769. The van der Waals surface area contributed by atoms with Gasteiger partial charge < -0.3 is 19.5 Å². The fourth-order valence-corrected chi connectivity index (χ4v) is 3.30. The maximum atomic E-state index is 5.82. The van der Waals surface area contributed by atoms with Gasteiger partial charge in [-0.25, -0.2) is 0 Å². The summed E-state index contributed by atoms with van der Waals surface area (Å²) in [4.78, 5) is 0. The third kappa shape index (κ3) is 3.80. The molecule has 4 rings (SSSR count). The molecule has 1 aliphatic heterocycles. The van der Waals surface area contributed by atoms with E-state index in [0.717, 1.165) is 24.6 Å². The van der Waals surface area contributed by atoms with Crippen molar-refractivity contribution in [1.29, 1.82) is 0 Å². The van der Waals surface area contributed by atoms with E-state index in [0.29, 0.717) is 12.4 Å². The van der Waals surface area contributed by atoms with E-state index >= 15 is 0 Å². The first-order valence-electron chi connectivity index (χ1n) is 8.90. The van der Waals surface area contributed by atoms with Gasteiger partial charge in [-0.15, -0.1) is 0 Å². The number of rotatable bonds is 7. The average Bonchev–Trinajstić information content (AvgIpc) is 3.33. The highest BCUT2D eigenvalue weighted by molar-refractivity contribution is 5.67. The van der Waals surface area contributed by atoms with Crippen LogP contribution in [0, 0.1) is 0 Å². The lowest BCUT2D eigenvalue weighted by Gasteiger charge is -2.10. The zero-order chi connectivity index (χ0) is 16.9. The van der Waals surface area contributed by atoms with E-state index in [2.05, 4.69) is 35.7 Å². The highest BCUT2D eigenvalue weighted by Crippen LogP contribution is 2.40. The molecule has 0 aromatic heterocycles. The summed E-state index contributed by atoms with van der Waals surface area (Å²) >= 11 is 0. The van der Waals surface area contributed by atoms with Gasteiger partial charge in [-0.2, -0.15) is 0 Å². The SMILES string of the molecule is C1=C(c2cccc(CNCCOc3cccc4c3OCO4)c2)CCC1. The summed E-state index contributed by atoms with van der Waals surface area (Å²) in [6, 6.07) is 14.5. The molecule has 25 heavy (non-hydrogen) atoms. The van der Waals surface area contributed by atoms with Crippen LogP contribution < -0.4 is 19.5 Å². The molecule has 130 valence electrons. The van der Waals surface area contributed by atoms with Crippen molar-refractivity contribution in [2.75, 3.05) is 19.9 Å². The second kappa shape index (κ2) is 7.62. The molecule has 0 amide bonds. The number of hydrogen-bond donors (Lipinski definition) is 1. The van der Waals surface area contributed by atoms with Gasteiger partial charge in [0.15, 0.2) is 11.5 Å². The van der Waals surface area contributed by atoms with Gasteiger partial charge >= 0.3 is 0 Å². The fraction of sp³-hybridized carbons (Fsp3) is 0.333. The summed E-state index contributed by atoms with van der Waals surface area (Å²) in [6.07, 6.45) is 6.07. The van der Waals surface area contributed by atoms with E-state index in [4.69, 9.17) is 14.2 Å². The van der Waals surface area contributed by atoms with E-state index < -0.39 is 0 Å². The quantitative estimate of drug-likeness (QED) is 0.771. The Morgan fingerprint density at radius 2 is 2.04 bits per heavy atom. The Labute approximate surface area is 148 Å². The Balaban J connectivity index is 1.25. The van der Waals surface area contributed by atoms with Gasteiger partial charge in [0.25, 0.3) is 0 Å². The summed E-state index contributed by atoms with van der Waals surface area (Å²) in [5.41, 5.74) is 4.16. The first-order valence-corrected chi connectivity index (χ1v) is 8.90. The van der Waals surface area contributed by atoms with Gasteiger partial charge in [0.1, 0.15) is 6.61 Å². The van der Waals surface area contributed by atoms with Crippen LogP contribution >= 0.6 is 0 Å². The summed E-state index contributed by atoms with van der Waals surface area (Å²) in [7, 11) is 0. The molecule has 2 aliphatic rings. The van der Waals surface area contributed by atoms with E-state index in [1.807, 2.05) is 18.2 Å². The van der Waals surface area contributed by atoms with Crippen molar-refractivity contribution in [2.24, 2.45) is 0 Å². The number of nitrogens with one attached hydrogen (secondary N) is 1. The fourth-order valence-electron chi connectivity index (χ4n) is 3.30. The molecule has 1 aliphatic carbocycles. The van der Waals surface area contributed by atoms with Crippen molar-refractivity contribution >= 4 is 5.57 Å². The zero-order valence-electron chi connectivity index (χ0n) is 14.3. The average molecular weight is 337 g/mol. The van der Waals surface area contributed by atoms with Crippen LogP contribution in [-0.4, -0.2) is 19.9 Å². The minimum absolute atomic E-state index is 0.265. The number of fused-ring (bicyclic) bond motifs is 1.